The molecule has 0 fully saturated rings. The molecule has 4 aromatic carbocycles. The Labute approximate surface area is 184 Å². The maximum Gasteiger partial charge on any atom is 0.0568 e. The predicted molar refractivity (Wildman–Crippen MR) is 128 cm³/mol. The van der Waals surface area contributed by atoms with Crippen LogP contribution < -0.4 is 0 Å². The molecule has 0 bridgehead atoms. The quantitative estimate of drug-likeness (QED) is 0.356. The summed E-state index contributed by atoms with van der Waals surface area (Å²) in [6.45, 7) is 2.34. The third kappa shape index (κ3) is 2.53. The Balaban J connectivity index is 1.58. The van der Waals surface area contributed by atoms with Gasteiger partial charge in [-0.3, -0.25) is 0 Å². The molecule has 1 heteroatoms. The molecule has 0 amide bonds. The SMILES string of the molecule is CCC(CO)(c1cccc2c1Cc1ccccc1-2)c1cccc2c1Cc1ccccc1-2. The van der Waals surface area contributed by atoms with Crippen molar-refractivity contribution in [3.05, 3.63) is 118 Å². The first-order valence-corrected chi connectivity index (χ1v) is 11.3. The number of aliphatic hydroxyl groups is 1. The average Bonchev–Trinajstić information content (AvgIpc) is 3.39. The summed E-state index contributed by atoms with van der Waals surface area (Å²) in [5.41, 5.74) is 13.1. The molecular weight excluding hydrogens is 376 g/mol. The van der Waals surface area contributed by atoms with Gasteiger partial charge in [0.15, 0.2) is 0 Å². The fourth-order valence-corrected chi connectivity index (χ4v) is 6.02. The smallest absolute Gasteiger partial charge is 0.0568 e. The molecule has 0 radical (unpaired) electrons. The van der Waals surface area contributed by atoms with Gasteiger partial charge < -0.3 is 5.11 Å². The molecule has 6 rings (SSSR count). The van der Waals surface area contributed by atoms with E-state index in [0.29, 0.717) is 0 Å². The van der Waals surface area contributed by atoms with Crippen molar-refractivity contribution in [1.29, 1.82) is 0 Å². The Kier molecular flexibility index (Phi) is 4.16. The monoisotopic (exact) mass is 402 g/mol. The summed E-state index contributed by atoms with van der Waals surface area (Å²) in [6.07, 6.45) is 2.75. The van der Waals surface area contributed by atoms with Crippen molar-refractivity contribution in [2.45, 2.75) is 31.6 Å². The molecular formula is C30H26O. The largest absolute Gasteiger partial charge is 0.395 e. The van der Waals surface area contributed by atoms with Crippen molar-refractivity contribution in [1.82, 2.24) is 0 Å². The number of benzene rings is 4. The summed E-state index contributed by atoms with van der Waals surface area (Å²) in [6, 6.07) is 30.8. The minimum Gasteiger partial charge on any atom is -0.395 e. The maximum absolute atomic E-state index is 11.0. The predicted octanol–water partition coefficient (Wildman–Crippen LogP) is 6.52. The van der Waals surface area contributed by atoms with Crippen LogP contribution in [0.1, 0.15) is 46.7 Å². The minimum absolute atomic E-state index is 0.114. The second-order valence-corrected chi connectivity index (χ2v) is 8.92. The van der Waals surface area contributed by atoms with E-state index >= 15 is 0 Å². The molecule has 0 saturated heterocycles. The highest BCUT2D eigenvalue weighted by atomic mass is 16.3. The van der Waals surface area contributed by atoms with Crippen LogP contribution in [0.5, 0.6) is 0 Å². The fourth-order valence-electron chi connectivity index (χ4n) is 6.02. The van der Waals surface area contributed by atoms with Crippen LogP contribution in [-0.4, -0.2) is 11.7 Å². The maximum atomic E-state index is 11.0. The molecule has 31 heavy (non-hydrogen) atoms. The van der Waals surface area contributed by atoms with E-state index in [0.717, 1.165) is 19.3 Å². The molecule has 0 aromatic heterocycles. The molecule has 0 atom stereocenters. The van der Waals surface area contributed by atoms with Crippen molar-refractivity contribution >= 4 is 0 Å². The van der Waals surface area contributed by atoms with Gasteiger partial charge in [0.25, 0.3) is 0 Å². The minimum atomic E-state index is -0.402. The Hall–Kier alpha value is -3.16. The van der Waals surface area contributed by atoms with Crippen LogP contribution in [0.15, 0.2) is 84.9 Å². The van der Waals surface area contributed by atoms with Gasteiger partial charge in [-0.2, -0.15) is 0 Å². The van der Waals surface area contributed by atoms with Crippen LogP contribution in [0.25, 0.3) is 22.3 Å². The zero-order valence-corrected chi connectivity index (χ0v) is 17.9. The first kappa shape index (κ1) is 18.6. The van der Waals surface area contributed by atoms with Gasteiger partial charge in [0.05, 0.1) is 6.61 Å². The van der Waals surface area contributed by atoms with E-state index in [1.807, 2.05) is 0 Å². The van der Waals surface area contributed by atoms with Crippen LogP contribution in [0.3, 0.4) is 0 Å². The highest BCUT2D eigenvalue weighted by Gasteiger charge is 2.39. The lowest BCUT2D eigenvalue weighted by Gasteiger charge is -2.36. The van der Waals surface area contributed by atoms with E-state index < -0.39 is 5.41 Å². The standard InChI is InChI=1S/C30H26O/c1-2-30(19-31,28-15-7-13-24-22-11-5-3-9-20(22)17-26(24)28)29-16-8-14-25-23-12-6-4-10-21(23)18-27(25)29/h3-16,31H,2,17-19H2,1H3. The molecule has 152 valence electrons. The summed E-state index contributed by atoms with van der Waals surface area (Å²) in [5.74, 6) is 0. The first-order valence-electron chi connectivity index (χ1n) is 11.3. The lowest BCUT2D eigenvalue weighted by molar-refractivity contribution is 0.214. The first-order chi connectivity index (χ1) is 15.3. The molecule has 2 aliphatic rings. The normalized spacial score (nSPS) is 13.5. The lowest BCUT2D eigenvalue weighted by Crippen LogP contribution is -2.33. The van der Waals surface area contributed by atoms with E-state index in [4.69, 9.17) is 0 Å². The zero-order valence-electron chi connectivity index (χ0n) is 17.9. The summed E-state index contributed by atoms with van der Waals surface area (Å²) in [4.78, 5) is 0. The van der Waals surface area contributed by atoms with Crippen molar-refractivity contribution in [2.75, 3.05) is 6.61 Å². The molecule has 0 unspecified atom stereocenters. The molecule has 0 saturated carbocycles. The van der Waals surface area contributed by atoms with Gasteiger partial charge in [-0.25, -0.2) is 0 Å². The van der Waals surface area contributed by atoms with Crippen LogP contribution in [0.2, 0.25) is 0 Å². The number of fused-ring (bicyclic) bond motifs is 6. The number of hydrogen-bond acceptors (Lipinski definition) is 1. The summed E-state index contributed by atoms with van der Waals surface area (Å²) < 4.78 is 0. The summed E-state index contributed by atoms with van der Waals surface area (Å²) in [5, 5.41) is 11.0. The van der Waals surface area contributed by atoms with E-state index in [1.165, 1.54) is 55.6 Å². The zero-order chi connectivity index (χ0) is 21.0. The van der Waals surface area contributed by atoms with Gasteiger partial charge in [-0.1, -0.05) is 91.9 Å². The third-order valence-corrected chi connectivity index (χ3v) is 7.61. The summed E-state index contributed by atoms with van der Waals surface area (Å²) >= 11 is 0. The van der Waals surface area contributed by atoms with Gasteiger partial charge in [0, 0.05) is 5.41 Å². The molecule has 0 aliphatic heterocycles. The van der Waals surface area contributed by atoms with Crippen molar-refractivity contribution in [3.8, 4) is 22.3 Å². The van der Waals surface area contributed by atoms with Crippen molar-refractivity contribution in [3.63, 3.8) is 0 Å². The van der Waals surface area contributed by atoms with Crippen LogP contribution in [0.4, 0.5) is 0 Å². The van der Waals surface area contributed by atoms with E-state index in [2.05, 4.69) is 91.9 Å². The van der Waals surface area contributed by atoms with E-state index in [9.17, 15) is 5.11 Å². The summed E-state index contributed by atoms with van der Waals surface area (Å²) in [7, 11) is 0. The molecule has 1 N–H and O–H groups in total. The number of aliphatic hydroxyl groups excluding tert-OH is 1. The molecule has 2 aliphatic carbocycles. The fraction of sp³-hybridized carbons (Fsp3) is 0.200. The van der Waals surface area contributed by atoms with Gasteiger partial charge in [-0.15, -0.1) is 0 Å². The second-order valence-electron chi connectivity index (χ2n) is 8.92. The Morgan fingerprint density at radius 3 is 1.52 bits per heavy atom. The van der Waals surface area contributed by atoms with E-state index in [-0.39, 0.29) is 6.61 Å². The Morgan fingerprint density at radius 1 is 0.613 bits per heavy atom. The van der Waals surface area contributed by atoms with Crippen molar-refractivity contribution in [2.24, 2.45) is 0 Å². The average molecular weight is 403 g/mol. The second kappa shape index (κ2) is 6.93. The van der Waals surface area contributed by atoms with Gasteiger partial charge in [0.1, 0.15) is 0 Å². The van der Waals surface area contributed by atoms with Crippen LogP contribution >= 0.6 is 0 Å². The number of hydrogen-bond donors (Lipinski definition) is 1. The number of rotatable bonds is 4. The molecule has 0 heterocycles. The highest BCUT2D eigenvalue weighted by Crippen LogP contribution is 2.49. The van der Waals surface area contributed by atoms with Crippen molar-refractivity contribution < 1.29 is 5.11 Å². The Morgan fingerprint density at radius 2 is 1.06 bits per heavy atom. The molecule has 4 aromatic rings. The van der Waals surface area contributed by atoms with Crippen LogP contribution in [-0.2, 0) is 18.3 Å². The lowest BCUT2D eigenvalue weighted by atomic mass is 9.69. The highest BCUT2D eigenvalue weighted by molar-refractivity contribution is 5.81. The van der Waals surface area contributed by atoms with Gasteiger partial charge >= 0.3 is 0 Å². The Bertz CT molecular complexity index is 1210. The van der Waals surface area contributed by atoms with Crippen LogP contribution in [0, 0.1) is 0 Å². The van der Waals surface area contributed by atoms with E-state index in [1.54, 1.807) is 0 Å². The van der Waals surface area contributed by atoms with Gasteiger partial charge in [0.2, 0.25) is 0 Å². The molecule has 0 spiro atoms. The topological polar surface area (TPSA) is 20.2 Å². The third-order valence-electron chi connectivity index (χ3n) is 7.61. The van der Waals surface area contributed by atoms with Gasteiger partial charge in [-0.05, 0) is 74.9 Å². The molecule has 1 nitrogen and oxygen atoms in total.